The van der Waals surface area contributed by atoms with Gasteiger partial charge >= 0.3 is 6.09 Å². The maximum Gasteiger partial charge on any atom is 0.414 e. The zero-order chi connectivity index (χ0) is 19.1. The van der Waals surface area contributed by atoms with Crippen molar-refractivity contribution in [1.82, 2.24) is 10.2 Å². The molecule has 0 saturated heterocycles. The molecule has 2 aromatic carbocycles. The third-order valence-corrected chi connectivity index (χ3v) is 4.04. The van der Waals surface area contributed by atoms with Crippen molar-refractivity contribution in [1.29, 1.82) is 0 Å². The highest BCUT2D eigenvalue weighted by atomic mass is 35.5. The third kappa shape index (κ3) is 6.90. The number of carbonyl (C=O) groups is 1. The Balaban J connectivity index is 0.00000364. The molecule has 1 atom stereocenters. The second kappa shape index (κ2) is 11.0. The van der Waals surface area contributed by atoms with Gasteiger partial charge in [0.25, 0.3) is 0 Å². The van der Waals surface area contributed by atoms with Crippen LogP contribution in [0.5, 0.6) is 11.5 Å². The van der Waals surface area contributed by atoms with Gasteiger partial charge in [-0.05, 0) is 36.9 Å². The lowest BCUT2D eigenvalue weighted by Gasteiger charge is -2.18. The SMILES string of the molecule is CNC(CCOc1ccc(F)c(Cl)c1)c1cccc(OC(=O)N(C)C)c1.Cl. The molecule has 8 heteroatoms. The Morgan fingerprint density at radius 3 is 2.59 bits per heavy atom. The van der Waals surface area contributed by atoms with Crippen LogP contribution in [-0.2, 0) is 0 Å². The molecule has 0 bridgehead atoms. The molecule has 27 heavy (non-hydrogen) atoms. The first-order valence-corrected chi connectivity index (χ1v) is 8.52. The predicted octanol–water partition coefficient (Wildman–Crippen LogP) is 4.69. The van der Waals surface area contributed by atoms with Crippen molar-refractivity contribution < 1.29 is 18.7 Å². The zero-order valence-electron chi connectivity index (χ0n) is 15.4. The normalized spacial score (nSPS) is 11.3. The van der Waals surface area contributed by atoms with Crippen molar-refractivity contribution in [2.45, 2.75) is 12.5 Å². The minimum Gasteiger partial charge on any atom is -0.493 e. The maximum absolute atomic E-state index is 13.2. The highest BCUT2D eigenvalue weighted by Gasteiger charge is 2.13. The van der Waals surface area contributed by atoms with Crippen molar-refractivity contribution in [3.05, 3.63) is 58.9 Å². The first kappa shape index (κ1) is 23.0. The molecular formula is C19H23Cl2FN2O3. The van der Waals surface area contributed by atoms with Gasteiger partial charge in [-0.25, -0.2) is 9.18 Å². The van der Waals surface area contributed by atoms with Crippen LogP contribution < -0.4 is 14.8 Å². The highest BCUT2D eigenvalue weighted by molar-refractivity contribution is 6.30. The van der Waals surface area contributed by atoms with Crippen molar-refractivity contribution in [2.75, 3.05) is 27.7 Å². The average molecular weight is 417 g/mol. The van der Waals surface area contributed by atoms with Crippen LogP contribution in [0.25, 0.3) is 0 Å². The number of hydrogen-bond acceptors (Lipinski definition) is 4. The van der Waals surface area contributed by atoms with E-state index in [1.54, 1.807) is 20.2 Å². The van der Waals surface area contributed by atoms with Crippen LogP contribution in [0.15, 0.2) is 42.5 Å². The number of nitrogens with zero attached hydrogens (tertiary/aromatic N) is 1. The summed E-state index contributed by atoms with van der Waals surface area (Å²) in [7, 11) is 5.10. The van der Waals surface area contributed by atoms with E-state index >= 15 is 0 Å². The summed E-state index contributed by atoms with van der Waals surface area (Å²) in [5.74, 6) is 0.517. The van der Waals surface area contributed by atoms with E-state index in [4.69, 9.17) is 21.1 Å². The van der Waals surface area contributed by atoms with E-state index < -0.39 is 11.9 Å². The summed E-state index contributed by atoms with van der Waals surface area (Å²) < 4.78 is 24.1. The lowest BCUT2D eigenvalue weighted by atomic mass is 10.0. The summed E-state index contributed by atoms with van der Waals surface area (Å²) in [5, 5.41) is 3.24. The largest absolute Gasteiger partial charge is 0.493 e. The molecular weight excluding hydrogens is 394 g/mol. The monoisotopic (exact) mass is 416 g/mol. The van der Waals surface area contributed by atoms with Crippen molar-refractivity contribution in [2.24, 2.45) is 0 Å². The van der Waals surface area contributed by atoms with E-state index in [0.717, 1.165) is 5.56 Å². The van der Waals surface area contributed by atoms with Crippen LogP contribution in [0.1, 0.15) is 18.0 Å². The summed E-state index contributed by atoms with van der Waals surface area (Å²) >= 11 is 5.75. The molecule has 0 aliphatic rings. The fourth-order valence-corrected chi connectivity index (χ4v) is 2.50. The van der Waals surface area contributed by atoms with Crippen LogP contribution in [0.2, 0.25) is 5.02 Å². The Labute approximate surface area is 169 Å². The second-order valence-corrected chi connectivity index (χ2v) is 6.30. The maximum atomic E-state index is 13.2. The summed E-state index contributed by atoms with van der Waals surface area (Å²) in [5.41, 5.74) is 0.970. The Hall–Kier alpha value is -2.02. The summed E-state index contributed by atoms with van der Waals surface area (Å²) in [4.78, 5) is 13.0. The molecule has 2 rings (SSSR count). The molecule has 0 heterocycles. The third-order valence-electron chi connectivity index (χ3n) is 3.75. The number of carbonyl (C=O) groups excluding carboxylic acids is 1. The van der Waals surface area contributed by atoms with Gasteiger partial charge in [0.2, 0.25) is 0 Å². The molecule has 0 aliphatic heterocycles. The molecule has 5 nitrogen and oxygen atoms in total. The molecule has 0 aromatic heterocycles. The average Bonchev–Trinajstić information content (AvgIpc) is 2.62. The number of rotatable bonds is 7. The van der Waals surface area contributed by atoms with Crippen LogP contribution >= 0.6 is 24.0 Å². The summed E-state index contributed by atoms with van der Waals surface area (Å²) in [6.45, 7) is 0.412. The minimum atomic E-state index is -0.476. The Morgan fingerprint density at radius 1 is 1.22 bits per heavy atom. The summed E-state index contributed by atoms with van der Waals surface area (Å²) in [6, 6.07) is 11.6. The van der Waals surface area contributed by atoms with Crippen LogP contribution in [0.4, 0.5) is 9.18 Å². The standard InChI is InChI=1S/C19H22ClFN2O3.ClH/c1-22-18(9-10-25-14-7-8-17(21)16(20)12-14)13-5-4-6-15(11-13)26-19(24)23(2)3;/h4-8,11-12,18,22H,9-10H2,1-3H3;1H. The molecule has 0 radical (unpaired) electrons. The molecule has 1 N–H and O–H groups in total. The minimum absolute atomic E-state index is 0. The second-order valence-electron chi connectivity index (χ2n) is 5.89. The van der Waals surface area contributed by atoms with E-state index in [-0.39, 0.29) is 23.5 Å². The Morgan fingerprint density at radius 2 is 1.96 bits per heavy atom. The first-order chi connectivity index (χ1) is 12.4. The zero-order valence-corrected chi connectivity index (χ0v) is 16.9. The number of ether oxygens (including phenoxy) is 2. The Bertz CT molecular complexity index is 759. The van der Waals surface area contributed by atoms with Crippen LogP contribution in [0.3, 0.4) is 0 Å². The molecule has 1 unspecified atom stereocenters. The van der Waals surface area contributed by atoms with E-state index in [2.05, 4.69) is 5.32 Å². The van der Waals surface area contributed by atoms with Gasteiger partial charge in [0.05, 0.1) is 11.6 Å². The van der Waals surface area contributed by atoms with E-state index in [1.807, 2.05) is 25.2 Å². The molecule has 0 aliphatic carbocycles. The predicted molar refractivity (Wildman–Crippen MR) is 107 cm³/mol. The van der Waals surface area contributed by atoms with Gasteiger partial charge in [-0.3, -0.25) is 0 Å². The quantitative estimate of drug-likeness (QED) is 0.710. The fourth-order valence-electron chi connectivity index (χ4n) is 2.33. The molecule has 0 spiro atoms. The van der Waals surface area contributed by atoms with Gasteiger partial charge in [-0.2, -0.15) is 0 Å². The molecule has 148 valence electrons. The van der Waals surface area contributed by atoms with E-state index in [9.17, 15) is 9.18 Å². The van der Waals surface area contributed by atoms with Gasteiger partial charge in [-0.1, -0.05) is 23.7 Å². The fraction of sp³-hybridized carbons (Fsp3) is 0.316. The van der Waals surface area contributed by atoms with Crippen molar-refractivity contribution in [3.8, 4) is 11.5 Å². The number of halogens is 3. The Kier molecular flexibility index (Phi) is 9.35. The van der Waals surface area contributed by atoms with Gasteiger partial charge in [0.15, 0.2) is 0 Å². The van der Waals surface area contributed by atoms with Gasteiger partial charge < -0.3 is 19.7 Å². The number of hydrogen-bond donors (Lipinski definition) is 1. The van der Waals surface area contributed by atoms with Gasteiger partial charge in [0.1, 0.15) is 17.3 Å². The smallest absolute Gasteiger partial charge is 0.414 e. The summed E-state index contributed by atoms with van der Waals surface area (Å²) in [6.07, 6.45) is 0.232. The van der Waals surface area contributed by atoms with Gasteiger partial charge in [-0.15, -0.1) is 12.4 Å². The number of benzene rings is 2. The number of amides is 1. The lowest BCUT2D eigenvalue weighted by Crippen LogP contribution is -2.25. The molecule has 0 saturated carbocycles. The lowest BCUT2D eigenvalue weighted by molar-refractivity contribution is 0.172. The van der Waals surface area contributed by atoms with Gasteiger partial charge in [0, 0.05) is 32.6 Å². The van der Waals surface area contributed by atoms with Crippen molar-refractivity contribution in [3.63, 3.8) is 0 Å². The molecule has 2 aromatic rings. The van der Waals surface area contributed by atoms with E-state index in [1.165, 1.54) is 23.1 Å². The highest BCUT2D eigenvalue weighted by Crippen LogP contribution is 2.24. The van der Waals surface area contributed by atoms with Crippen LogP contribution in [0, 0.1) is 5.82 Å². The molecule has 1 amide bonds. The molecule has 0 fully saturated rings. The van der Waals surface area contributed by atoms with Crippen molar-refractivity contribution >= 4 is 30.1 Å². The first-order valence-electron chi connectivity index (χ1n) is 8.15. The topological polar surface area (TPSA) is 50.8 Å². The van der Waals surface area contributed by atoms with Crippen LogP contribution in [-0.4, -0.2) is 38.7 Å². The number of nitrogens with one attached hydrogen (secondary N) is 1. The van der Waals surface area contributed by atoms with E-state index in [0.29, 0.717) is 24.5 Å².